The SMILES string of the molecule is C=C(N)C(=O)O[C@H]1CC[C@H](O)C2=C1[C@H](OC(=O)C(=C)N)CCC2O. The van der Waals surface area contributed by atoms with Gasteiger partial charge >= 0.3 is 11.9 Å². The highest BCUT2D eigenvalue weighted by Crippen LogP contribution is 2.39. The molecule has 8 nitrogen and oxygen atoms in total. The van der Waals surface area contributed by atoms with E-state index in [1.54, 1.807) is 0 Å². The van der Waals surface area contributed by atoms with Gasteiger partial charge in [-0.05, 0) is 31.3 Å². The summed E-state index contributed by atoms with van der Waals surface area (Å²) in [5.74, 6) is -1.59. The molecular formula is C16H22N2O6. The van der Waals surface area contributed by atoms with E-state index in [1.165, 1.54) is 0 Å². The van der Waals surface area contributed by atoms with Crippen molar-refractivity contribution in [1.29, 1.82) is 0 Å². The van der Waals surface area contributed by atoms with Crippen molar-refractivity contribution in [2.75, 3.05) is 0 Å². The molecule has 0 heterocycles. The molecule has 6 N–H and O–H groups in total. The van der Waals surface area contributed by atoms with Gasteiger partial charge in [0.1, 0.15) is 23.6 Å². The number of rotatable bonds is 4. The molecule has 0 spiro atoms. The molecular weight excluding hydrogens is 316 g/mol. The minimum absolute atomic E-state index is 0.261. The summed E-state index contributed by atoms with van der Waals surface area (Å²) in [4.78, 5) is 23.5. The fraction of sp³-hybridized carbons (Fsp3) is 0.500. The van der Waals surface area contributed by atoms with Crippen LogP contribution in [0.2, 0.25) is 0 Å². The zero-order chi connectivity index (χ0) is 18.0. The van der Waals surface area contributed by atoms with E-state index in [0.717, 1.165) is 0 Å². The molecule has 0 aromatic carbocycles. The van der Waals surface area contributed by atoms with Gasteiger partial charge in [-0.15, -0.1) is 0 Å². The Morgan fingerprint density at radius 1 is 0.833 bits per heavy atom. The van der Waals surface area contributed by atoms with E-state index in [0.29, 0.717) is 36.8 Å². The minimum Gasteiger partial charge on any atom is -0.453 e. The average Bonchev–Trinajstić information content (AvgIpc) is 2.51. The molecule has 1 unspecified atom stereocenters. The lowest BCUT2D eigenvalue weighted by Gasteiger charge is -2.40. The van der Waals surface area contributed by atoms with Gasteiger partial charge in [0.25, 0.3) is 0 Å². The Labute approximate surface area is 139 Å². The topological polar surface area (TPSA) is 145 Å². The molecule has 24 heavy (non-hydrogen) atoms. The lowest BCUT2D eigenvalue weighted by Crippen LogP contribution is -2.44. The van der Waals surface area contributed by atoms with Crippen LogP contribution in [0.15, 0.2) is 35.7 Å². The maximum absolute atomic E-state index is 11.7. The summed E-state index contributed by atoms with van der Waals surface area (Å²) in [5, 5.41) is 20.4. The number of hydrogen-bond acceptors (Lipinski definition) is 8. The standard InChI is InChI=1S/C16H22N2O6/c1-7(17)15(21)23-11-5-3-9(19)13-10(20)4-6-12(14(11)13)24-16(22)8(2)18/h9-12,19-20H,1-6,17-18H2/t9-,10?,11-,12+/m0/s1. The van der Waals surface area contributed by atoms with E-state index < -0.39 is 36.4 Å². The maximum Gasteiger partial charge on any atom is 0.354 e. The molecule has 0 radical (unpaired) electrons. The van der Waals surface area contributed by atoms with E-state index >= 15 is 0 Å². The summed E-state index contributed by atoms with van der Waals surface area (Å²) in [6.45, 7) is 6.64. The number of aliphatic hydroxyl groups is 2. The predicted molar refractivity (Wildman–Crippen MR) is 83.9 cm³/mol. The first-order valence-electron chi connectivity index (χ1n) is 7.63. The van der Waals surface area contributed by atoms with Crippen molar-refractivity contribution in [3.8, 4) is 0 Å². The Bertz CT molecular complexity index is 562. The maximum atomic E-state index is 11.7. The van der Waals surface area contributed by atoms with Crippen LogP contribution >= 0.6 is 0 Å². The molecule has 4 atom stereocenters. The van der Waals surface area contributed by atoms with E-state index in [1.807, 2.05) is 0 Å². The molecule has 132 valence electrons. The first kappa shape index (κ1) is 18.0. The first-order chi connectivity index (χ1) is 11.2. The Morgan fingerprint density at radius 3 is 1.54 bits per heavy atom. The summed E-state index contributed by atoms with van der Waals surface area (Å²) in [6.07, 6.45) is -2.11. The van der Waals surface area contributed by atoms with Crippen molar-refractivity contribution in [3.05, 3.63) is 35.7 Å². The summed E-state index contributed by atoms with van der Waals surface area (Å²) in [6, 6.07) is 0. The van der Waals surface area contributed by atoms with Crippen molar-refractivity contribution < 1.29 is 29.3 Å². The number of hydrogen-bond donors (Lipinski definition) is 4. The second-order valence-electron chi connectivity index (χ2n) is 5.94. The van der Waals surface area contributed by atoms with Crippen molar-refractivity contribution >= 4 is 11.9 Å². The molecule has 0 aliphatic heterocycles. The third-order valence-corrected chi connectivity index (χ3v) is 4.17. The van der Waals surface area contributed by atoms with Gasteiger partial charge in [-0.3, -0.25) is 0 Å². The summed E-state index contributed by atoms with van der Waals surface area (Å²) < 4.78 is 10.6. The average molecular weight is 338 g/mol. The number of nitrogens with two attached hydrogens (primary N) is 2. The van der Waals surface area contributed by atoms with Gasteiger partial charge in [0.2, 0.25) is 0 Å². The Hall–Kier alpha value is -2.32. The van der Waals surface area contributed by atoms with Crippen LogP contribution in [0.4, 0.5) is 0 Å². The van der Waals surface area contributed by atoms with E-state index in [2.05, 4.69) is 13.2 Å². The van der Waals surface area contributed by atoms with Crippen LogP contribution in [0.5, 0.6) is 0 Å². The highest BCUT2D eigenvalue weighted by molar-refractivity contribution is 5.87. The quantitative estimate of drug-likeness (QED) is 0.301. The zero-order valence-corrected chi connectivity index (χ0v) is 13.2. The van der Waals surface area contributed by atoms with Gasteiger partial charge in [0.05, 0.1) is 12.2 Å². The fourth-order valence-corrected chi connectivity index (χ4v) is 3.08. The van der Waals surface area contributed by atoms with Gasteiger partial charge in [-0.2, -0.15) is 0 Å². The van der Waals surface area contributed by atoms with E-state index in [9.17, 15) is 19.8 Å². The van der Waals surface area contributed by atoms with Crippen LogP contribution in [0.25, 0.3) is 0 Å². The number of carbonyl (C=O) groups excluding carboxylic acids is 2. The third kappa shape index (κ3) is 3.60. The Morgan fingerprint density at radius 2 is 1.21 bits per heavy atom. The third-order valence-electron chi connectivity index (χ3n) is 4.17. The second kappa shape index (κ2) is 7.06. The highest BCUT2D eigenvalue weighted by Gasteiger charge is 2.42. The summed E-state index contributed by atoms with van der Waals surface area (Å²) >= 11 is 0. The van der Waals surface area contributed by atoms with Gasteiger partial charge in [-0.25, -0.2) is 9.59 Å². The van der Waals surface area contributed by atoms with Gasteiger partial charge in [-0.1, -0.05) is 13.2 Å². The van der Waals surface area contributed by atoms with Crippen LogP contribution in [0.3, 0.4) is 0 Å². The number of carbonyl (C=O) groups is 2. The predicted octanol–water partition coefficient (Wildman–Crippen LogP) is -0.639. The van der Waals surface area contributed by atoms with Crippen LogP contribution < -0.4 is 11.5 Å². The van der Waals surface area contributed by atoms with Gasteiger partial charge in [0, 0.05) is 5.57 Å². The lowest BCUT2D eigenvalue weighted by atomic mass is 9.76. The minimum atomic E-state index is -0.895. The van der Waals surface area contributed by atoms with Crippen molar-refractivity contribution in [1.82, 2.24) is 0 Å². The Balaban J connectivity index is 2.36. The van der Waals surface area contributed by atoms with Gasteiger partial charge < -0.3 is 31.2 Å². The first-order valence-corrected chi connectivity index (χ1v) is 7.63. The van der Waals surface area contributed by atoms with Crippen LogP contribution in [-0.2, 0) is 19.1 Å². The van der Waals surface area contributed by atoms with Gasteiger partial charge in [0.15, 0.2) is 0 Å². The molecule has 0 fully saturated rings. The van der Waals surface area contributed by atoms with Crippen molar-refractivity contribution in [2.45, 2.75) is 50.1 Å². The lowest BCUT2D eigenvalue weighted by molar-refractivity contribution is -0.148. The molecule has 2 rings (SSSR count). The van der Waals surface area contributed by atoms with Crippen LogP contribution in [-0.4, -0.2) is 46.6 Å². The molecule has 8 heteroatoms. The number of aliphatic hydroxyl groups excluding tert-OH is 2. The molecule has 0 saturated carbocycles. The largest absolute Gasteiger partial charge is 0.453 e. The van der Waals surface area contributed by atoms with Crippen molar-refractivity contribution in [2.24, 2.45) is 11.5 Å². The summed E-state index contributed by atoms with van der Waals surface area (Å²) in [5.41, 5.74) is 10.9. The molecule has 2 aliphatic carbocycles. The normalized spacial score (nSPS) is 29.4. The van der Waals surface area contributed by atoms with Crippen LogP contribution in [0.1, 0.15) is 25.7 Å². The molecule has 0 aromatic rings. The summed E-state index contributed by atoms with van der Waals surface area (Å²) in [7, 11) is 0. The monoisotopic (exact) mass is 338 g/mol. The Kier molecular flexibility index (Phi) is 5.30. The fourth-order valence-electron chi connectivity index (χ4n) is 3.08. The number of esters is 2. The molecule has 0 saturated heterocycles. The molecule has 0 amide bonds. The number of ether oxygens (including phenoxy) is 2. The van der Waals surface area contributed by atoms with E-state index in [4.69, 9.17) is 20.9 Å². The zero-order valence-electron chi connectivity index (χ0n) is 13.2. The second-order valence-corrected chi connectivity index (χ2v) is 5.94. The highest BCUT2D eigenvalue weighted by atomic mass is 16.6. The molecule has 0 aromatic heterocycles. The molecule has 2 aliphatic rings. The van der Waals surface area contributed by atoms with Crippen molar-refractivity contribution in [3.63, 3.8) is 0 Å². The molecule has 0 bridgehead atoms. The smallest absolute Gasteiger partial charge is 0.354 e. The van der Waals surface area contributed by atoms with E-state index in [-0.39, 0.29) is 11.4 Å². The van der Waals surface area contributed by atoms with Crippen LogP contribution in [0, 0.1) is 0 Å².